The third-order valence-corrected chi connectivity index (χ3v) is 7.40. The number of anilines is 1. The Morgan fingerprint density at radius 3 is 2.52 bits per heavy atom. The standard InChI is InChI=1S/C18H21BrN2O4S2/c1-4-21(5-2)27(23,24)14-8-9-16(25-3)15(12-14)20-18(22)11-7-13-6-10-17(19)26-13/h6-12H,4-5H2,1-3H3,(H,20,22). The molecule has 9 heteroatoms. The van der Waals surface area contributed by atoms with E-state index in [1.165, 1.54) is 47.0 Å². The summed E-state index contributed by atoms with van der Waals surface area (Å²) < 4.78 is 33.0. The summed E-state index contributed by atoms with van der Waals surface area (Å²) in [5.41, 5.74) is 0.299. The zero-order valence-electron chi connectivity index (χ0n) is 15.2. The fraction of sp³-hybridized carbons (Fsp3) is 0.278. The van der Waals surface area contributed by atoms with Crippen molar-refractivity contribution in [1.29, 1.82) is 0 Å². The normalized spacial score (nSPS) is 11.9. The number of carbonyl (C=O) groups excluding carboxylic acids is 1. The van der Waals surface area contributed by atoms with Gasteiger partial charge < -0.3 is 10.1 Å². The van der Waals surface area contributed by atoms with Gasteiger partial charge in [-0.25, -0.2) is 8.42 Å². The number of halogens is 1. The lowest BCUT2D eigenvalue weighted by atomic mass is 10.3. The molecule has 0 aliphatic rings. The van der Waals surface area contributed by atoms with Crippen LogP contribution in [0.3, 0.4) is 0 Å². The van der Waals surface area contributed by atoms with Crippen LogP contribution < -0.4 is 10.1 Å². The first-order valence-electron chi connectivity index (χ1n) is 8.24. The molecule has 0 saturated heterocycles. The summed E-state index contributed by atoms with van der Waals surface area (Å²) >= 11 is 4.87. The van der Waals surface area contributed by atoms with Gasteiger partial charge in [0.2, 0.25) is 15.9 Å². The average Bonchev–Trinajstić information content (AvgIpc) is 3.06. The molecule has 0 radical (unpaired) electrons. The lowest BCUT2D eigenvalue weighted by molar-refractivity contribution is -0.111. The van der Waals surface area contributed by atoms with Gasteiger partial charge in [0.15, 0.2) is 0 Å². The Morgan fingerprint density at radius 2 is 1.96 bits per heavy atom. The molecular formula is C18H21BrN2O4S2. The number of amides is 1. The Balaban J connectivity index is 2.27. The zero-order chi connectivity index (χ0) is 20.0. The van der Waals surface area contributed by atoms with Crippen LogP contribution >= 0.6 is 27.3 Å². The molecule has 1 aromatic heterocycles. The number of ether oxygens (including phenoxy) is 1. The molecular weight excluding hydrogens is 452 g/mol. The van der Waals surface area contributed by atoms with E-state index < -0.39 is 10.0 Å². The zero-order valence-corrected chi connectivity index (χ0v) is 18.4. The maximum atomic E-state index is 12.7. The number of hydrogen-bond acceptors (Lipinski definition) is 5. The molecule has 27 heavy (non-hydrogen) atoms. The Hall–Kier alpha value is -1.68. The van der Waals surface area contributed by atoms with Crippen LogP contribution in [0.4, 0.5) is 5.69 Å². The molecule has 0 atom stereocenters. The van der Waals surface area contributed by atoms with Crippen LogP contribution in [0.15, 0.2) is 45.1 Å². The summed E-state index contributed by atoms with van der Waals surface area (Å²) in [5.74, 6) is 0.00400. The number of benzene rings is 1. The molecule has 146 valence electrons. The van der Waals surface area contributed by atoms with E-state index in [4.69, 9.17) is 4.74 Å². The van der Waals surface area contributed by atoms with Gasteiger partial charge in [-0.05, 0) is 52.3 Å². The average molecular weight is 473 g/mol. The monoisotopic (exact) mass is 472 g/mol. The smallest absolute Gasteiger partial charge is 0.248 e. The fourth-order valence-electron chi connectivity index (χ4n) is 2.41. The third kappa shape index (κ3) is 5.41. The molecule has 2 rings (SSSR count). The Bertz CT molecular complexity index is 935. The van der Waals surface area contributed by atoms with Crippen molar-refractivity contribution in [2.24, 2.45) is 0 Å². The van der Waals surface area contributed by atoms with Crippen LogP contribution in [0.1, 0.15) is 18.7 Å². The number of nitrogens with one attached hydrogen (secondary N) is 1. The molecule has 0 saturated carbocycles. The van der Waals surface area contributed by atoms with Crippen LogP contribution in [0.5, 0.6) is 5.75 Å². The van der Waals surface area contributed by atoms with Crippen molar-refractivity contribution in [3.05, 3.63) is 45.1 Å². The molecule has 1 aromatic carbocycles. The summed E-state index contributed by atoms with van der Waals surface area (Å²) in [6.07, 6.45) is 3.08. The van der Waals surface area contributed by atoms with Gasteiger partial charge in [0.1, 0.15) is 5.75 Å². The topological polar surface area (TPSA) is 75.7 Å². The minimum Gasteiger partial charge on any atom is -0.495 e. The molecule has 1 heterocycles. The van der Waals surface area contributed by atoms with Crippen molar-refractivity contribution in [2.75, 3.05) is 25.5 Å². The molecule has 0 spiro atoms. The highest BCUT2D eigenvalue weighted by Gasteiger charge is 2.23. The predicted octanol–water partition coefficient (Wildman–Crippen LogP) is 4.20. The molecule has 0 unspecified atom stereocenters. The third-order valence-electron chi connectivity index (χ3n) is 3.76. The number of nitrogens with zero attached hydrogens (tertiary/aromatic N) is 1. The molecule has 0 fully saturated rings. The Kier molecular flexibility index (Phi) is 7.60. The van der Waals surface area contributed by atoms with Crippen LogP contribution in [0, 0.1) is 0 Å². The quantitative estimate of drug-likeness (QED) is 0.583. The van der Waals surface area contributed by atoms with Crippen molar-refractivity contribution in [3.8, 4) is 5.75 Å². The van der Waals surface area contributed by atoms with Gasteiger partial charge in [-0.15, -0.1) is 11.3 Å². The van der Waals surface area contributed by atoms with Crippen molar-refractivity contribution in [1.82, 2.24) is 4.31 Å². The second-order valence-corrected chi connectivity index (χ2v) is 9.85. The predicted molar refractivity (Wildman–Crippen MR) is 113 cm³/mol. The number of sulfonamides is 1. The van der Waals surface area contributed by atoms with Gasteiger partial charge >= 0.3 is 0 Å². The maximum Gasteiger partial charge on any atom is 0.248 e. The molecule has 6 nitrogen and oxygen atoms in total. The van der Waals surface area contributed by atoms with Crippen LogP contribution in [-0.4, -0.2) is 38.8 Å². The largest absolute Gasteiger partial charge is 0.495 e. The lowest BCUT2D eigenvalue weighted by Crippen LogP contribution is -2.30. The van der Waals surface area contributed by atoms with Gasteiger partial charge in [-0.3, -0.25) is 4.79 Å². The summed E-state index contributed by atoms with van der Waals surface area (Å²) in [6, 6.07) is 8.20. The van der Waals surface area contributed by atoms with Gasteiger partial charge in [0.25, 0.3) is 0 Å². The number of carbonyl (C=O) groups is 1. The Morgan fingerprint density at radius 1 is 1.26 bits per heavy atom. The van der Waals surface area contributed by atoms with E-state index in [9.17, 15) is 13.2 Å². The highest BCUT2D eigenvalue weighted by Crippen LogP contribution is 2.29. The van der Waals surface area contributed by atoms with Crippen LogP contribution in [0.2, 0.25) is 0 Å². The molecule has 1 amide bonds. The molecule has 2 aromatic rings. The van der Waals surface area contributed by atoms with E-state index in [2.05, 4.69) is 21.2 Å². The highest BCUT2D eigenvalue weighted by molar-refractivity contribution is 9.11. The Labute approximate surface area is 172 Å². The van der Waals surface area contributed by atoms with Gasteiger partial charge in [-0.1, -0.05) is 13.8 Å². The van der Waals surface area contributed by atoms with Gasteiger partial charge in [0, 0.05) is 24.0 Å². The van der Waals surface area contributed by atoms with Gasteiger partial charge in [-0.2, -0.15) is 4.31 Å². The first kappa shape index (κ1) is 21.6. The summed E-state index contributed by atoms with van der Waals surface area (Å²) in [4.78, 5) is 13.3. The fourth-order valence-corrected chi connectivity index (χ4v) is 5.22. The van der Waals surface area contributed by atoms with Crippen molar-refractivity contribution in [3.63, 3.8) is 0 Å². The van der Waals surface area contributed by atoms with Crippen molar-refractivity contribution in [2.45, 2.75) is 18.7 Å². The van der Waals surface area contributed by atoms with E-state index in [1.54, 1.807) is 19.9 Å². The molecule has 0 aliphatic heterocycles. The number of thiophene rings is 1. The van der Waals surface area contributed by atoms with E-state index in [-0.39, 0.29) is 10.8 Å². The van der Waals surface area contributed by atoms with Gasteiger partial charge in [0.05, 0.1) is 21.5 Å². The summed E-state index contributed by atoms with van der Waals surface area (Å²) in [7, 11) is -2.17. The minimum absolute atomic E-state index is 0.105. The first-order valence-corrected chi connectivity index (χ1v) is 11.3. The van der Waals surface area contributed by atoms with Crippen LogP contribution in [0.25, 0.3) is 6.08 Å². The molecule has 0 aliphatic carbocycles. The van der Waals surface area contributed by atoms with E-state index in [0.29, 0.717) is 24.5 Å². The van der Waals surface area contributed by atoms with E-state index in [0.717, 1.165) is 8.66 Å². The van der Waals surface area contributed by atoms with E-state index in [1.807, 2.05) is 12.1 Å². The minimum atomic E-state index is -3.63. The number of methoxy groups -OCH3 is 1. The summed E-state index contributed by atoms with van der Waals surface area (Å²) in [6.45, 7) is 4.29. The SMILES string of the molecule is CCN(CC)S(=O)(=O)c1ccc(OC)c(NC(=O)C=Cc2ccc(Br)s2)c1. The first-order chi connectivity index (χ1) is 12.8. The number of rotatable bonds is 8. The second-order valence-electron chi connectivity index (χ2n) is 5.42. The number of hydrogen-bond donors (Lipinski definition) is 1. The van der Waals surface area contributed by atoms with Crippen LogP contribution in [-0.2, 0) is 14.8 Å². The summed E-state index contributed by atoms with van der Waals surface area (Å²) in [5, 5.41) is 2.69. The molecule has 1 N–H and O–H groups in total. The lowest BCUT2D eigenvalue weighted by Gasteiger charge is -2.19. The maximum absolute atomic E-state index is 12.7. The second kappa shape index (κ2) is 9.50. The van der Waals surface area contributed by atoms with Crippen molar-refractivity contribution < 1.29 is 17.9 Å². The van der Waals surface area contributed by atoms with E-state index >= 15 is 0 Å². The molecule has 0 bridgehead atoms. The highest BCUT2D eigenvalue weighted by atomic mass is 79.9. The van der Waals surface area contributed by atoms with Crippen molar-refractivity contribution >= 4 is 55.0 Å².